The molecule has 19 heavy (non-hydrogen) atoms. The second-order valence-corrected chi connectivity index (χ2v) is 5.62. The van der Waals surface area contributed by atoms with E-state index in [1.54, 1.807) is 4.90 Å². The van der Waals surface area contributed by atoms with Crippen LogP contribution in [0.5, 0.6) is 11.5 Å². The molecule has 5 heteroatoms. The highest BCUT2D eigenvalue weighted by Gasteiger charge is 2.28. The Morgan fingerprint density at radius 1 is 1.32 bits per heavy atom. The lowest BCUT2D eigenvalue weighted by Gasteiger charge is -2.28. The fourth-order valence-corrected chi connectivity index (χ4v) is 2.99. The van der Waals surface area contributed by atoms with Crippen molar-refractivity contribution >= 4 is 21.8 Å². The second kappa shape index (κ2) is 6.28. The molecule has 1 fully saturated rings. The number of halogens is 1. The first-order valence-corrected chi connectivity index (χ1v) is 7.64. The van der Waals surface area contributed by atoms with Gasteiger partial charge >= 0.3 is 0 Å². The fourth-order valence-electron chi connectivity index (χ4n) is 2.61. The molecule has 104 valence electrons. The molecule has 0 saturated heterocycles. The van der Waals surface area contributed by atoms with Gasteiger partial charge in [0.2, 0.25) is 0 Å². The number of phenolic OH excluding ortho intramolecular Hbond substituents is 2. The standard InChI is InChI=1S/C14H18BrNO3/c15-7-8-16(10-3-1-2-4-10)14(19)12-9-11(17)5-6-13(12)18/h5-6,9-10,17-18H,1-4,7-8H2. The monoisotopic (exact) mass is 327 g/mol. The van der Waals surface area contributed by atoms with Crippen molar-refractivity contribution < 1.29 is 15.0 Å². The van der Waals surface area contributed by atoms with Gasteiger partial charge in [0.25, 0.3) is 5.91 Å². The van der Waals surface area contributed by atoms with Crippen LogP contribution in [0.15, 0.2) is 18.2 Å². The molecule has 0 heterocycles. The van der Waals surface area contributed by atoms with E-state index < -0.39 is 0 Å². The van der Waals surface area contributed by atoms with E-state index in [-0.39, 0.29) is 29.0 Å². The molecule has 0 aromatic heterocycles. The predicted octanol–water partition coefficient (Wildman–Crippen LogP) is 2.88. The van der Waals surface area contributed by atoms with E-state index in [2.05, 4.69) is 15.9 Å². The molecule has 1 saturated carbocycles. The number of rotatable bonds is 4. The number of nitrogens with zero attached hydrogens (tertiary/aromatic N) is 1. The number of phenols is 2. The van der Waals surface area contributed by atoms with Gasteiger partial charge in [0.15, 0.2) is 0 Å². The van der Waals surface area contributed by atoms with Crippen molar-refractivity contribution in [3.05, 3.63) is 23.8 Å². The maximum Gasteiger partial charge on any atom is 0.258 e. The molecule has 0 aliphatic heterocycles. The number of amides is 1. The Balaban J connectivity index is 2.25. The van der Waals surface area contributed by atoms with E-state index in [1.165, 1.54) is 18.2 Å². The van der Waals surface area contributed by atoms with Crippen LogP contribution in [0.2, 0.25) is 0 Å². The minimum Gasteiger partial charge on any atom is -0.508 e. The average molecular weight is 328 g/mol. The fraction of sp³-hybridized carbons (Fsp3) is 0.500. The molecule has 1 aliphatic rings. The first-order chi connectivity index (χ1) is 9.13. The molecule has 2 rings (SSSR count). The van der Waals surface area contributed by atoms with Gasteiger partial charge in [0, 0.05) is 17.9 Å². The summed E-state index contributed by atoms with van der Waals surface area (Å²) < 4.78 is 0. The van der Waals surface area contributed by atoms with Crippen LogP contribution >= 0.6 is 15.9 Å². The Hall–Kier alpha value is -1.23. The number of alkyl halides is 1. The third-order valence-electron chi connectivity index (χ3n) is 3.56. The van der Waals surface area contributed by atoms with Gasteiger partial charge in [-0.25, -0.2) is 0 Å². The van der Waals surface area contributed by atoms with Crippen molar-refractivity contribution in [2.75, 3.05) is 11.9 Å². The molecule has 1 amide bonds. The molecule has 1 aliphatic carbocycles. The van der Waals surface area contributed by atoms with Crippen LogP contribution in [0, 0.1) is 0 Å². The quantitative estimate of drug-likeness (QED) is 0.660. The summed E-state index contributed by atoms with van der Waals surface area (Å²) in [4.78, 5) is 14.3. The number of aromatic hydroxyl groups is 2. The molecular formula is C14H18BrNO3. The first kappa shape index (κ1) is 14.2. The summed E-state index contributed by atoms with van der Waals surface area (Å²) in [6, 6.07) is 4.29. The largest absolute Gasteiger partial charge is 0.508 e. The van der Waals surface area contributed by atoms with Crippen LogP contribution in [-0.2, 0) is 0 Å². The highest BCUT2D eigenvalue weighted by Crippen LogP contribution is 2.28. The zero-order valence-electron chi connectivity index (χ0n) is 10.7. The normalized spacial score (nSPS) is 15.6. The molecule has 1 aromatic carbocycles. The maximum atomic E-state index is 12.5. The number of hydrogen-bond acceptors (Lipinski definition) is 3. The van der Waals surface area contributed by atoms with Gasteiger partial charge in [-0.15, -0.1) is 0 Å². The van der Waals surface area contributed by atoms with Gasteiger partial charge in [0.1, 0.15) is 11.5 Å². The van der Waals surface area contributed by atoms with Crippen molar-refractivity contribution in [3.63, 3.8) is 0 Å². The third kappa shape index (κ3) is 3.21. The summed E-state index contributed by atoms with van der Waals surface area (Å²) in [5, 5.41) is 20.0. The van der Waals surface area contributed by atoms with Gasteiger partial charge < -0.3 is 15.1 Å². The molecule has 0 unspecified atom stereocenters. The Labute approximate surface area is 121 Å². The van der Waals surface area contributed by atoms with E-state index >= 15 is 0 Å². The van der Waals surface area contributed by atoms with Crippen LogP contribution in [0.3, 0.4) is 0 Å². The Bertz CT molecular complexity index is 458. The lowest BCUT2D eigenvalue weighted by molar-refractivity contribution is 0.0693. The summed E-state index contributed by atoms with van der Waals surface area (Å²) in [5.41, 5.74) is 0.174. The van der Waals surface area contributed by atoms with Gasteiger partial charge in [-0.2, -0.15) is 0 Å². The molecule has 0 bridgehead atoms. The molecule has 4 nitrogen and oxygen atoms in total. The van der Waals surface area contributed by atoms with Crippen molar-refractivity contribution in [1.29, 1.82) is 0 Å². The first-order valence-electron chi connectivity index (χ1n) is 6.52. The highest BCUT2D eigenvalue weighted by atomic mass is 79.9. The summed E-state index contributed by atoms with van der Waals surface area (Å²) in [6.07, 6.45) is 4.31. The average Bonchev–Trinajstić information content (AvgIpc) is 2.92. The topological polar surface area (TPSA) is 60.8 Å². The van der Waals surface area contributed by atoms with E-state index in [0.29, 0.717) is 11.9 Å². The Kier molecular flexibility index (Phi) is 4.69. The van der Waals surface area contributed by atoms with Crippen LogP contribution in [-0.4, -0.2) is 38.9 Å². The lowest BCUT2D eigenvalue weighted by Crippen LogP contribution is -2.40. The summed E-state index contributed by atoms with van der Waals surface area (Å²) in [6.45, 7) is 0.610. The summed E-state index contributed by atoms with van der Waals surface area (Å²) in [7, 11) is 0. The minimum absolute atomic E-state index is 0.00800. The van der Waals surface area contributed by atoms with Crippen LogP contribution in [0.4, 0.5) is 0 Å². The minimum atomic E-state index is -0.209. The van der Waals surface area contributed by atoms with E-state index in [1.807, 2.05) is 0 Å². The Morgan fingerprint density at radius 2 is 2.00 bits per heavy atom. The summed E-state index contributed by atoms with van der Waals surface area (Å²) >= 11 is 3.37. The van der Waals surface area contributed by atoms with Crippen molar-refractivity contribution in [3.8, 4) is 11.5 Å². The van der Waals surface area contributed by atoms with Gasteiger partial charge in [-0.3, -0.25) is 4.79 Å². The number of hydrogen-bond donors (Lipinski definition) is 2. The number of carbonyl (C=O) groups excluding carboxylic acids is 1. The van der Waals surface area contributed by atoms with Gasteiger partial charge in [-0.05, 0) is 31.0 Å². The molecule has 1 aromatic rings. The van der Waals surface area contributed by atoms with Gasteiger partial charge in [-0.1, -0.05) is 28.8 Å². The lowest BCUT2D eigenvalue weighted by atomic mass is 10.1. The smallest absolute Gasteiger partial charge is 0.258 e. The van der Waals surface area contributed by atoms with Crippen molar-refractivity contribution in [2.24, 2.45) is 0 Å². The van der Waals surface area contributed by atoms with Crippen molar-refractivity contribution in [1.82, 2.24) is 4.90 Å². The van der Waals surface area contributed by atoms with Crippen LogP contribution < -0.4 is 0 Å². The van der Waals surface area contributed by atoms with Crippen LogP contribution in [0.1, 0.15) is 36.0 Å². The molecular weight excluding hydrogens is 310 g/mol. The molecule has 0 radical (unpaired) electrons. The number of benzene rings is 1. The Morgan fingerprint density at radius 3 is 2.63 bits per heavy atom. The second-order valence-electron chi connectivity index (χ2n) is 4.83. The maximum absolute atomic E-state index is 12.5. The van der Waals surface area contributed by atoms with Crippen LogP contribution in [0.25, 0.3) is 0 Å². The van der Waals surface area contributed by atoms with Crippen molar-refractivity contribution in [2.45, 2.75) is 31.7 Å². The number of carbonyl (C=O) groups is 1. The summed E-state index contributed by atoms with van der Waals surface area (Å²) in [5.74, 6) is -0.300. The van der Waals surface area contributed by atoms with E-state index in [9.17, 15) is 15.0 Å². The predicted molar refractivity (Wildman–Crippen MR) is 76.9 cm³/mol. The zero-order chi connectivity index (χ0) is 13.8. The zero-order valence-corrected chi connectivity index (χ0v) is 12.3. The highest BCUT2D eigenvalue weighted by molar-refractivity contribution is 9.09. The van der Waals surface area contributed by atoms with E-state index in [0.717, 1.165) is 25.7 Å². The molecule has 0 spiro atoms. The molecule has 0 atom stereocenters. The SMILES string of the molecule is O=C(c1cc(O)ccc1O)N(CCBr)C1CCCC1. The molecule has 2 N–H and O–H groups in total. The van der Waals surface area contributed by atoms with E-state index in [4.69, 9.17) is 0 Å². The third-order valence-corrected chi connectivity index (χ3v) is 3.92. The van der Waals surface area contributed by atoms with Gasteiger partial charge in [0.05, 0.1) is 5.56 Å².